The number of carbonyl (C=O) groups is 1. The van der Waals surface area contributed by atoms with Crippen LogP contribution in [0.15, 0.2) is 40.4 Å². The molecule has 1 N–H and O–H groups in total. The van der Waals surface area contributed by atoms with Gasteiger partial charge in [-0.15, -0.1) is 0 Å². The van der Waals surface area contributed by atoms with Gasteiger partial charge in [0.05, 0.1) is 17.7 Å². The summed E-state index contributed by atoms with van der Waals surface area (Å²) in [5.41, 5.74) is 2.00. The van der Waals surface area contributed by atoms with Crippen molar-refractivity contribution < 1.29 is 14.3 Å². The number of ether oxygens (including phenoxy) is 2. The van der Waals surface area contributed by atoms with Crippen LogP contribution in [0, 0.1) is 18.3 Å². The van der Waals surface area contributed by atoms with Crippen molar-refractivity contribution in [2.45, 2.75) is 27.2 Å². The summed E-state index contributed by atoms with van der Waals surface area (Å²) in [6.45, 7) is 6.76. The van der Waals surface area contributed by atoms with Gasteiger partial charge in [0.15, 0.2) is 11.5 Å². The quantitative estimate of drug-likeness (QED) is 0.366. The van der Waals surface area contributed by atoms with Crippen LogP contribution >= 0.6 is 27.5 Å². The summed E-state index contributed by atoms with van der Waals surface area (Å²) >= 11 is 9.48. The molecule has 0 saturated heterocycles. The highest BCUT2D eigenvalue weighted by atomic mass is 79.9. The lowest BCUT2D eigenvalue weighted by Crippen LogP contribution is -2.14. The van der Waals surface area contributed by atoms with Crippen LogP contribution < -0.4 is 14.8 Å². The zero-order valence-corrected chi connectivity index (χ0v) is 18.9. The molecule has 152 valence electrons. The van der Waals surface area contributed by atoms with Gasteiger partial charge >= 0.3 is 0 Å². The number of rotatable bonds is 8. The van der Waals surface area contributed by atoms with Crippen LogP contribution in [-0.2, 0) is 4.79 Å². The first-order valence-corrected chi connectivity index (χ1v) is 10.3. The van der Waals surface area contributed by atoms with Crippen molar-refractivity contribution in [3.05, 3.63) is 56.5 Å². The fourth-order valence-electron chi connectivity index (χ4n) is 2.51. The van der Waals surface area contributed by atoms with Gasteiger partial charge in [0.1, 0.15) is 11.6 Å². The van der Waals surface area contributed by atoms with E-state index in [9.17, 15) is 10.1 Å². The second-order valence-corrected chi connectivity index (χ2v) is 7.49. The first-order chi connectivity index (χ1) is 13.9. The van der Waals surface area contributed by atoms with Crippen molar-refractivity contribution in [1.29, 1.82) is 5.26 Å². The number of hydrogen-bond acceptors (Lipinski definition) is 4. The molecule has 2 aromatic rings. The molecule has 5 nitrogen and oxygen atoms in total. The Hall–Kier alpha value is -2.49. The summed E-state index contributed by atoms with van der Waals surface area (Å²) in [6, 6.07) is 10.7. The number of anilines is 1. The van der Waals surface area contributed by atoms with Crippen LogP contribution in [0.5, 0.6) is 11.5 Å². The van der Waals surface area contributed by atoms with Gasteiger partial charge in [-0.25, -0.2) is 0 Å². The molecule has 29 heavy (non-hydrogen) atoms. The Morgan fingerprint density at radius 2 is 2.03 bits per heavy atom. The van der Waals surface area contributed by atoms with Gasteiger partial charge in [-0.05, 0) is 77.7 Å². The number of amides is 1. The Labute approximate surface area is 184 Å². The molecule has 0 aliphatic heterocycles. The maximum Gasteiger partial charge on any atom is 0.266 e. The fraction of sp³-hybridized carbons (Fsp3) is 0.273. The van der Waals surface area contributed by atoms with Crippen LogP contribution in [0.1, 0.15) is 31.4 Å². The van der Waals surface area contributed by atoms with Gasteiger partial charge in [-0.2, -0.15) is 5.26 Å². The number of hydrogen-bond donors (Lipinski definition) is 1. The molecule has 0 fully saturated rings. The average molecular weight is 478 g/mol. The van der Waals surface area contributed by atoms with Gasteiger partial charge in [0, 0.05) is 10.7 Å². The molecule has 0 spiro atoms. The Balaban J connectivity index is 2.35. The topological polar surface area (TPSA) is 71.3 Å². The van der Waals surface area contributed by atoms with Crippen molar-refractivity contribution in [1.82, 2.24) is 0 Å². The Bertz CT molecular complexity index is 967. The highest BCUT2D eigenvalue weighted by Crippen LogP contribution is 2.37. The van der Waals surface area contributed by atoms with Gasteiger partial charge in [-0.3, -0.25) is 4.79 Å². The fourth-order valence-corrected chi connectivity index (χ4v) is 3.26. The molecule has 2 rings (SSSR count). The van der Waals surface area contributed by atoms with Crippen LogP contribution in [0.2, 0.25) is 5.02 Å². The van der Waals surface area contributed by atoms with E-state index in [4.69, 9.17) is 21.1 Å². The average Bonchev–Trinajstić information content (AvgIpc) is 2.68. The number of aryl methyl sites for hydroxylation is 1. The van der Waals surface area contributed by atoms with Crippen LogP contribution in [0.3, 0.4) is 0 Å². The standard InChI is InChI=1S/C22H22BrClN2O3/c1-4-8-29-21-18(23)10-15(11-20(21)28-5-2)9-16(13-25)22(27)26-19-12-17(24)7-6-14(19)3/h6-7,9-12H,4-5,8H2,1-3H3,(H,26,27)/b16-9+. The van der Waals surface area contributed by atoms with Gasteiger partial charge in [0.2, 0.25) is 0 Å². The van der Waals surface area contributed by atoms with Crippen molar-refractivity contribution in [3.8, 4) is 17.6 Å². The predicted molar refractivity (Wildman–Crippen MR) is 120 cm³/mol. The summed E-state index contributed by atoms with van der Waals surface area (Å²) in [7, 11) is 0. The second kappa shape index (κ2) is 10.9. The maximum absolute atomic E-state index is 12.6. The van der Waals surface area contributed by atoms with E-state index in [2.05, 4.69) is 21.2 Å². The van der Waals surface area contributed by atoms with Crippen molar-refractivity contribution >= 4 is 45.2 Å². The molecular weight excluding hydrogens is 456 g/mol. The third-order valence-corrected chi connectivity index (χ3v) is 4.73. The molecule has 7 heteroatoms. The number of carbonyl (C=O) groups excluding carboxylic acids is 1. The number of benzene rings is 2. The van der Waals surface area contributed by atoms with Crippen molar-refractivity contribution in [2.75, 3.05) is 18.5 Å². The lowest BCUT2D eigenvalue weighted by Gasteiger charge is -2.14. The van der Waals surface area contributed by atoms with Crippen LogP contribution in [-0.4, -0.2) is 19.1 Å². The van der Waals surface area contributed by atoms with E-state index in [1.165, 1.54) is 6.08 Å². The number of nitrogens with zero attached hydrogens (tertiary/aromatic N) is 1. The maximum atomic E-state index is 12.6. The summed E-state index contributed by atoms with van der Waals surface area (Å²) in [5, 5.41) is 12.7. The molecule has 0 radical (unpaired) electrons. The molecular formula is C22H22BrClN2O3. The van der Waals surface area contributed by atoms with Crippen LogP contribution in [0.25, 0.3) is 6.08 Å². The first-order valence-electron chi connectivity index (χ1n) is 9.18. The van der Waals surface area contributed by atoms with Gasteiger partial charge < -0.3 is 14.8 Å². The summed E-state index contributed by atoms with van der Waals surface area (Å²) in [4.78, 5) is 12.6. The first kappa shape index (κ1) is 22.8. The van der Waals surface area contributed by atoms with E-state index < -0.39 is 5.91 Å². The molecule has 0 aliphatic carbocycles. The highest BCUT2D eigenvalue weighted by molar-refractivity contribution is 9.10. The van der Waals surface area contributed by atoms with E-state index in [1.54, 1.807) is 30.3 Å². The molecule has 2 aromatic carbocycles. The van der Waals surface area contributed by atoms with E-state index >= 15 is 0 Å². The Kier molecular flexibility index (Phi) is 8.56. The molecule has 0 aliphatic rings. The molecule has 0 aromatic heterocycles. The van der Waals surface area contributed by atoms with Crippen LogP contribution in [0.4, 0.5) is 5.69 Å². The molecule has 0 bridgehead atoms. The Morgan fingerprint density at radius 1 is 1.28 bits per heavy atom. The number of halogens is 2. The van der Waals surface area contributed by atoms with E-state index in [1.807, 2.05) is 26.8 Å². The van der Waals surface area contributed by atoms with Crippen molar-refractivity contribution in [3.63, 3.8) is 0 Å². The normalized spacial score (nSPS) is 11.0. The Morgan fingerprint density at radius 3 is 2.69 bits per heavy atom. The smallest absolute Gasteiger partial charge is 0.266 e. The van der Waals surface area contributed by atoms with E-state index in [-0.39, 0.29) is 5.57 Å². The summed E-state index contributed by atoms with van der Waals surface area (Å²) in [6.07, 6.45) is 2.37. The minimum absolute atomic E-state index is 0.0408. The summed E-state index contributed by atoms with van der Waals surface area (Å²) in [5.74, 6) is 0.631. The minimum Gasteiger partial charge on any atom is -0.490 e. The summed E-state index contributed by atoms with van der Waals surface area (Å²) < 4.78 is 12.1. The zero-order valence-electron chi connectivity index (χ0n) is 16.5. The largest absolute Gasteiger partial charge is 0.490 e. The lowest BCUT2D eigenvalue weighted by molar-refractivity contribution is -0.112. The van der Waals surface area contributed by atoms with E-state index in [0.29, 0.717) is 45.5 Å². The third-order valence-electron chi connectivity index (χ3n) is 3.91. The molecule has 0 saturated carbocycles. The second-order valence-electron chi connectivity index (χ2n) is 6.19. The van der Waals surface area contributed by atoms with Crippen molar-refractivity contribution in [2.24, 2.45) is 0 Å². The zero-order chi connectivity index (χ0) is 21.4. The SMILES string of the molecule is CCCOc1c(Br)cc(/C=C(\C#N)C(=O)Nc2cc(Cl)ccc2C)cc1OCC. The molecule has 0 heterocycles. The number of nitrogens with one attached hydrogen (secondary N) is 1. The van der Waals surface area contributed by atoms with E-state index in [0.717, 1.165) is 12.0 Å². The molecule has 1 amide bonds. The van der Waals surface area contributed by atoms with Gasteiger partial charge in [0.25, 0.3) is 5.91 Å². The van der Waals surface area contributed by atoms with Gasteiger partial charge in [-0.1, -0.05) is 24.6 Å². The highest BCUT2D eigenvalue weighted by Gasteiger charge is 2.15. The lowest BCUT2D eigenvalue weighted by atomic mass is 10.1. The molecule has 0 atom stereocenters. The predicted octanol–water partition coefficient (Wildman–Crippen LogP) is 6.14. The minimum atomic E-state index is -0.516. The number of nitriles is 1. The molecule has 0 unspecified atom stereocenters. The monoisotopic (exact) mass is 476 g/mol. The third kappa shape index (κ3) is 6.25.